The molecule has 18 heavy (non-hydrogen) atoms. The number of rotatable bonds is 5. The summed E-state index contributed by atoms with van der Waals surface area (Å²) in [6.45, 7) is 1.73. The van der Waals surface area contributed by atoms with Crippen molar-refractivity contribution in [2.75, 3.05) is 30.8 Å². The maximum Gasteiger partial charge on any atom is 0.224 e. The molecule has 1 aromatic rings. The van der Waals surface area contributed by atoms with E-state index in [1.54, 1.807) is 0 Å². The minimum Gasteiger partial charge on any atom is -0.376 e. The molecular formula is C13H20N4O. The van der Waals surface area contributed by atoms with Crippen LogP contribution in [0.15, 0.2) is 6.07 Å². The van der Waals surface area contributed by atoms with Crippen molar-refractivity contribution in [3.63, 3.8) is 0 Å². The molecule has 1 aliphatic carbocycles. The highest BCUT2D eigenvalue weighted by Gasteiger charge is 2.26. The van der Waals surface area contributed by atoms with Crippen LogP contribution in [0.2, 0.25) is 0 Å². The molecule has 1 aromatic heterocycles. The number of ether oxygens (including phenoxy) is 1. The standard InChI is InChI=1S/C13H20N4O/c1-14-13-16-11(9-4-5-9)7-12(17-13)15-8-10-3-2-6-18-10/h7,9-10H,2-6,8H2,1H3,(H2,14,15,16,17)/t10-/m1/s1. The van der Waals surface area contributed by atoms with E-state index in [1.165, 1.54) is 19.3 Å². The largest absolute Gasteiger partial charge is 0.376 e. The highest BCUT2D eigenvalue weighted by atomic mass is 16.5. The number of aromatic nitrogens is 2. The van der Waals surface area contributed by atoms with Gasteiger partial charge < -0.3 is 15.4 Å². The first-order chi connectivity index (χ1) is 8.85. The van der Waals surface area contributed by atoms with E-state index in [4.69, 9.17) is 4.74 Å². The highest BCUT2D eigenvalue weighted by Crippen LogP contribution is 2.39. The quantitative estimate of drug-likeness (QED) is 0.834. The summed E-state index contributed by atoms with van der Waals surface area (Å²) in [7, 11) is 1.86. The number of hydrogen-bond donors (Lipinski definition) is 2. The van der Waals surface area contributed by atoms with Crippen LogP contribution in [0.3, 0.4) is 0 Å². The summed E-state index contributed by atoms with van der Waals surface area (Å²) in [5, 5.41) is 6.39. The maximum absolute atomic E-state index is 5.60. The molecule has 0 spiro atoms. The van der Waals surface area contributed by atoms with Crippen molar-refractivity contribution in [1.82, 2.24) is 9.97 Å². The monoisotopic (exact) mass is 248 g/mol. The third-order valence-corrected chi connectivity index (χ3v) is 3.50. The Bertz CT molecular complexity index is 413. The van der Waals surface area contributed by atoms with E-state index in [0.717, 1.165) is 31.1 Å². The molecule has 1 saturated carbocycles. The van der Waals surface area contributed by atoms with E-state index >= 15 is 0 Å². The van der Waals surface area contributed by atoms with Gasteiger partial charge in [-0.15, -0.1) is 0 Å². The number of hydrogen-bond acceptors (Lipinski definition) is 5. The molecule has 5 nitrogen and oxygen atoms in total. The second kappa shape index (κ2) is 5.10. The van der Waals surface area contributed by atoms with Gasteiger partial charge in [0.2, 0.25) is 5.95 Å². The van der Waals surface area contributed by atoms with Crippen LogP contribution in [0.4, 0.5) is 11.8 Å². The van der Waals surface area contributed by atoms with Gasteiger partial charge in [-0.05, 0) is 25.7 Å². The van der Waals surface area contributed by atoms with Crippen LogP contribution >= 0.6 is 0 Å². The van der Waals surface area contributed by atoms with E-state index in [9.17, 15) is 0 Å². The van der Waals surface area contributed by atoms with Gasteiger partial charge in [-0.25, -0.2) is 4.98 Å². The lowest BCUT2D eigenvalue weighted by atomic mass is 10.2. The third-order valence-electron chi connectivity index (χ3n) is 3.50. The van der Waals surface area contributed by atoms with Gasteiger partial charge in [0.25, 0.3) is 0 Å². The fourth-order valence-electron chi connectivity index (χ4n) is 2.28. The zero-order chi connectivity index (χ0) is 12.4. The van der Waals surface area contributed by atoms with Crippen molar-refractivity contribution >= 4 is 11.8 Å². The maximum atomic E-state index is 5.60. The molecule has 1 aliphatic heterocycles. The minimum atomic E-state index is 0.336. The summed E-state index contributed by atoms with van der Waals surface area (Å²) in [5.74, 6) is 2.25. The average molecular weight is 248 g/mol. The second-order valence-electron chi connectivity index (χ2n) is 5.04. The summed E-state index contributed by atoms with van der Waals surface area (Å²) in [6, 6.07) is 2.08. The fraction of sp³-hybridized carbons (Fsp3) is 0.692. The number of nitrogens with one attached hydrogen (secondary N) is 2. The van der Waals surface area contributed by atoms with Gasteiger partial charge in [0, 0.05) is 32.2 Å². The summed E-state index contributed by atoms with van der Waals surface area (Å²) in [5.41, 5.74) is 1.16. The average Bonchev–Trinajstić information content (AvgIpc) is 3.13. The molecule has 5 heteroatoms. The number of anilines is 2. The van der Waals surface area contributed by atoms with Gasteiger partial charge >= 0.3 is 0 Å². The Morgan fingerprint density at radius 2 is 2.22 bits per heavy atom. The number of nitrogens with zero attached hydrogens (tertiary/aromatic N) is 2. The van der Waals surface area contributed by atoms with Crippen LogP contribution < -0.4 is 10.6 Å². The van der Waals surface area contributed by atoms with Crippen molar-refractivity contribution in [2.24, 2.45) is 0 Å². The van der Waals surface area contributed by atoms with E-state index in [-0.39, 0.29) is 0 Å². The Hall–Kier alpha value is -1.36. The Balaban J connectivity index is 1.67. The topological polar surface area (TPSA) is 59.1 Å². The van der Waals surface area contributed by atoms with Gasteiger partial charge in [0.15, 0.2) is 0 Å². The van der Waals surface area contributed by atoms with Crippen LogP contribution in [-0.4, -0.2) is 36.3 Å². The van der Waals surface area contributed by atoms with Crippen LogP contribution in [0, 0.1) is 0 Å². The first-order valence-electron chi connectivity index (χ1n) is 6.77. The fourth-order valence-corrected chi connectivity index (χ4v) is 2.28. The molecule has 3 rings (SSSR count). The van der Waals surface area contributed by atoms with Crippen LogP contribution in [0.1, 0.15) is 37.3 Å². The summed E-state index contributed by atoms with van der Waals surface area (Å²) in [4.78, 5) is 8.93. The molecule has 1 atom stereocenters. The Kier molecular flexibility index (Phi) is 3.32. The predicted molar refractivity (Wildman–Crippen MR) is 71.0 cm³/mol. The summed E-state index contributed by atoms with van der Waals surface area (Å²) >= 11 is 0. The van der Waals surface area contributed by atoms with Crippen LogP contribution in [0.25, 0.3) is 0 Å². The van der Waals surface area contributed by atoms with Gasteiger partial charge in [-0.2, -0.15) is 4.98 Å². The van der Waals surface area contributed by atoms with Gasteiger partial charge in [-0.3, -0.25) is 0 Å². The molecule has 2 heterocycles. The van der Waals surface area contributed by atoms with Crippen molar-refractivity contribution in [3.05, 3.63) is 11.8 Å². The van der Waals surface area contributed by atoms with Gasteiger partial charge in [-0.1, -0.05) is 0 Å². The van der Waals surface area contributed by atoms with Crippen molar-refractivity contribution < 1.29 is 4.74 Å². The zero-order valence-corrected chi connectivity index (χ0v) is 10.8. The predicted octanol–water partition coefficient (Wildman–Crippen LogP) is 1.99. The molecule has 1 saturated heterocycles. The van der Waals surface area contributed by atoms with Gasteiger partial charge in [0.05, 0.1) is 11.8 Å². The molecule has 2 fully saturated rings. The van der Waals surface area contributed by atoms with Crippen LogP contribution in [-0.2, 0) is 4.74 Å². The van der Waals surface area contributed by atoms with E-state index < -0.39 is 0 Å². The van der Waals surface area contributed by atoms with Crippen LogP contribution in [0.5, 0.6) is 0 Å². The molecule has 98 valence electrons. The van der Waals surface area contributed by atoms with Crippen molar-refractivity contribution in [3.8, 4) is 0 Å². The lowest BCUT2D eigenvalue weighted by Gasteiger charge is -2.12. The normalized spacial score (nSPS) is 23.1. The molecule has 0 bridgehead atoms. The first-order valence-corrected chi connectivity index (χ1v) is 6.77. The van der Waals surface area contributed by atoms with E-state index in [1.807, 2.05) is 7.05 Å². The SMILES string of the molecule is CNc1nc(NC[C@H]2CCCO2)cc(C2CC2)n1. The lowest BCUT2D eigenvalue weighted by Crippen LogP contribution is -2.19. The molecular weight excluding hydrogens is 228 g/mol. The Labute approximate surface area is 107 Å². The van der Waals surface area contributed by atoms with E-state index in [0.29, 0.717) is 18.0 Å². The second-order valence-corrected chi connectivity index (χ2v) is 5.04. The third kappa shape index (κ3) is 2.72. The molecule has 0 unspecified atom stereocenters. The highest BCUT2D eigenvalue weighted by molar-refractivity contribution is 5.43. The minimum absolute atomic E-state index is 0.336. The van der Waals surface area contributed by atoms with E-state index in [2.05, 4.69) is 26.7 Å². The summed E-state index contributed by atoms with van der Waals surface area (Å²) in [6.07, 6.45) is 5.16. The molecule has 2 N–H and O–H groups in total. The Morgan fingerprint density at radius 1 is 1.33 bits per heavy atom. The van der Waals surface area contributed by atoms with Gasteiger partial charge in [0.1, 0.15) is 5.82 Å². The molecule has 2 aliphatic rings. The molecule has 0 amide bonds. The molecule has 0 radical (unpaired) electrons. The van der Waals surface area contributed by atoms with Crippen molar-refractivity contribution in [2.45, 2.75) is 37.7 Å². The lowest BCUT2D eigenvalue weighted by molar-refractivity contribution is 0.120. The van der Waals surface area contributed by atoms with Crippen molar-refractivity contribution in [1.29, 1.82) is 0 Å². The Morgan fingerprint density at radius 3 is 2.89 bits per heavy atom. The summed E-state index contributed by atoms with van der Waals surface area (Å²) < 4.78 is 5.60. The first kappa shape index (κ1) is 11.7. The molecule has 0 aromatic carbocycles. The smallest absolute Gasteiger partial charge is 0.224 e. The zero-order valence-electron chi connectivity index (χ0n) is 10.8.